The van der Waals surface area contributed by atoms with Crippen LogP contribution in [0.3, 0.4) is 0 Å². The number of para-hydroxylation sites is 1. The van der Waals surface area contributed by atoms with Gasteiger partial charge < -0.3 is 15.5 Å². The molecule has 0 radical (unpaired) electrons. The Labute approximate surface area is 187 Å². The zero-order valence-electron chi connectivity index (χ0n) is 18.0. The van der Waals surface area contributed by atoms with E-state index in [1.54, 1.807) is 18.9 Å². The maximum atomic E-state index is 13.3. The van der Waals surface area contributed by atoms with Crippen molar-refractivity contribution in [3.8, 4) is 11.1 Å². The molecule has 6 heteroatoms. The average molecular weight is 428 g/mol. The minimum atomic E-state index is -0.857. The lowest BCUT2D eigenvalue weighted by Crippen LogP contribution is -2.49. The van der Waals surface area contributed by atoms with E-state index in [9.17, 15) is 14.4 Å². The van der Waals surface area contributed by atoms with Crippen LogP contribution in [0.25, 0.3) is 11.1 Å². The highest BCUT2D eigenvalue weighted by Crippen LogP contribution is 2.39. The molecular weight excluding hydrogens is 402 g/mol. The second-order valence-electron chi connectivity index (χ2n) is 7.89. The average Bonchev–Trinajstić information content (AvgIpc) is 2.89. The van der Waals surface area contributed by atoms with Gasteiger partial charge in [-0.15, -0.1) is 0 Å². The Kier molecular flexibility index (Phi) is 6.03. The number of anilines is 1. The van der Waals surface area contributed by atoms with Gasteiger partial charge in [0.15, 0.2) is 0 Å². The monoisotopic (exact) mass is 427 g/mol. The molecule has 1 aliphatic heterocycles. The molecule has 0 fully saturated rings. The standard InChI is InChI=1S/C26H25N3O3/c1-17(27-23(30)16-18-10-4-3-5-11-18)25(31)28-24-21-14-7-6-12-19(21)20-13-8-9-15-22(20)29(2)26(24)32/h3-15,17,24H,16H2,1-2H3,(H,27,30)(H,28,31)/t17-,24-/m0/s1. The minimum absolute atomic E-state index is 0.182. The Morgan fingerprint density at radius 2 is 1.53 bits per heavy atom. The molecule has 0 saturated carbocycles. The largest absolute Gasteiger partial charge is 0.344 e. The molecule has 0 saturated heterocycles. The number of nitrogens with one attached hydrogen (secondary N) is 2. The number of benzene rings is 3. The number of hydrogen-bond donors (Lipinski definition) is 2. The number of fused-ring (bicyclic) bond motifs is 3. The first kappa shape index (κ1) is 21.3. The summed E-state index contributed by atoms with van der Waals surface area (Å²) in [5.74, 6) is -0.909. The Morgan fingerprint density at radius 3 is 2.28 bits per heavy atom. The fourth-order valence-corrected chi connectivity index (χ4v) is 3.98. The van der Waals surface area contributed by atoms with Crippen molar-refractivity contribution < 1.29 is 14.4 Å². The number of nitrogens with zero attached hydrogens (tertiary/aromatic N) is 1. The van der Waals surface area contributed by atoms with Crippen molar-refractivity contribution in [2.45, 2.75) is 25.4 Å². The van der Waals surface area contributed by atoms with E-state index in [-0.39, 0.29) is 18.2 Å². The third-order valence-electron chi connectivity index (χ3n) is 5.67. The lowest BCUT2D eigenvalue weighted by Gasteiger charge is -2.24. The molecule has 0 bridgehead atoms. The Morgan fingerprint density at radius 1 is 0.906 bits per heavy atom. The highest BCUT2D eigenvalue weighted by molar-refractivity contribution is 6.06. The molecule has 162 valence electrons. The van der Waals surface area contributed by atoms with Crippen molar-refractivity contribution in [2.75, 3.05) is 11.9 Å². The molecule has 3 aromatic carbocycles. The summed E-state index contributed by atoms with van der Waals surface area (Å²) in [4.78, 5) is 40.2. The highest BCUT2D eigenvalue weighted by atomic mass is 16.2. The van der Waals surface area contributed by atoms with Crippen molar-refractivity contribution in [3.05, 3.63) is 90.0 Å². The van der Waals surface area contributed by atoms with Gasteiger partial charge in [0, 0.05) is 12.6 Å². The van der Waals surface area contributed by atoms with Gasteiger partial charge in [-0.3, -0.25) is 14.4 Å². The second kappa shape index (κ2) is 9.06. The van der Waals surface area contributed by atoms with Crippen molar-refractivity contribution in [2.24, 2.45) is 0 Å². The molecule has 2 atom stereocenters. The Bertz CT molecular complexity index is 1160. The van der Waals surface area contributed by atoms with Crippen molar-refractivity contribution >= 4 is 23.4 Å². The lowest BCUT2D eigenvalue weighted by atomic mass is 9.95. The summed E-state index contributed by atoms with van der Waals surface area (Å²) in [5, 5.41) is 5.58. The molecule has 3 amide bonds. The molecule has 2 N–H and O–H groups in total. The predicted molar refractivity (Wildman–Crippen MR) is 124 cm³/mol. The highest BCUT2D eigenvalue weighted by Gasteiger charge is 2.34. The molecule has 6 nitrogen and oxygen atoms in total. The van der Waals surface area contributed by atoms with Gasteiger partial charge >= 0.3 is 0 Å². The quantitative estimate of drug-likeness (QED) is 0.656. The number of carbonyl (C=O) groups is 3. The van der Waals surface area contributed by atoms with Crippen LogP contribution in [0.4, 0.5) is 5.69 Å². The molecular formula is C26H25N3O3. The summed E-state index contributed by atoms with van der Waals surface area (Å²) in [6.45, 7) is 1.61. The smallest absolute Gasteiger partial charge is 0.253 e. The van der Waals surface area contributed by atoms with E-state index in [1.807, 2.05) is 78.9 Å². The van der Waals surface area contributed by atoms with Gasteiger partial charge in [-0.2, -0.15) is 0 Å². The Hall–Kier alpha value is -3.93. The van der Waals surface area contributed by atoms with E-state index < -0.39 is 18.0 Å². The van der Waals surface area contributed by atoms with Crippen molar-refractivity contribution in [3.63, 3.8) is 0 Å². The second-order valence-corrected chi connectivity index (χ2v) is 7.89. The summed E-state index contributed by atoms with van der Waals surface area (Å²) < 4.78 is 0. The SMILES string of the molecule is C[C@H](NC(=O)Cc1ccccc1)C(=O)N[C@@H]1C(=O)N(C)c2ccccc2-c2ccccc21. The maximum Gasteiger partial charge on any atom is 0.253 e. The van der Waals surface area contributed by atoms with Gasteiger partial charge in [0.1, 0.15) is 12.1 Å². The van der Waals surface area contributed by atoms with Crippen LogP contribution in [0.5, 0.6) is 0 Å². The molecule has 0 aromatic heterocycles. The van der Waals surface area contributed by atoms with Gasteiger partial charge in [0.05, 0.1) is 12.1 Å². The third-order valence-corrected chi connectivity index (χ3v) is 5.67. The van der Waals surface area contributed by atoms with E-state index in [0.717, 1.165) is 27.9 Å². The number of carbonyl (C=O) groups excluding carboxylic acids is 3. The van der Waals surface area contributed by atoms with Gasteiger partial charge in [-0.05, 0) is 29.7 Å². The molecule has 0 spiro atoms. The summed E-state index contributed by atoms with van der Waals surface area (Å²) >= 11 is 0. The van der Waals surface area contributed by atoms with Gasteiger partial charge in [-0.1, -0.05) is 72.8 Å². The fourth-order valence-electron chi connectivity index (χ4n) is 3.98. The number of amides is 3. The molecule has 3 aromatic rings. The normalized spacial score (nSPS) is 15.8. The van der Waals surface area contributed by atoms with Crippen LogP contribution in [0.15, 0.2) is 78.9 Å². The first-order chi connectivity index (χ1) is 15.5. The number of rotatable bonds is 5. The van der Waals surface area contributed by atoms with Gasteiger partial charge in [-0.25, -0.2) is 0 Å². The summed E-state index contributed by atoms with van der Waals surface area (Å²) in [5.41, 5.74) is 4.20. The first-order valence-corrected chi connectivity index (χ1v) is 10.6. The first-order valence-electron chi connectivity index (χ1n) is 10.6. The van der Waals surface area contributed by atoms with Crippen molar-refractivity contribution in [1.82, 2.24) is 10.6 Å². The topological polar surface area (TPSA) is 78.5 Å². The van der Waals surface area contributed by atoms with Crippen LogP contribution in [0.1, 0.15) is 24.1 Å². The molecule has 1 aliphatic rings. The molecule has 0 aliphatic carbocycles. The van der Waals surface area contributed by atoms with Crippen LogP contribution in [-0.2, 0) is 20.8 Å². The summed E-state index contributed by atoms with van der Waals surface area (Å²) in [6, 6.07) is 22.9. The van der Waals surface area contributed by atoms with Gasteiger partial charge in [0.25, 0.3) is 5.91 Å². The van der Waals surface area contributed by atoms with Crippen molar-refractivity contribution in [1.29, 1.82) is 0 Å². The van der Waals surface area contributed by atoms with Crippen LogP contribution in [0.2, 0.25) is 0 Å². The number of likely N-dealkylation sites (N-methyl/N-ethyl adjacent to an activating group) is 1. The molecule has 1 heterocycles. The third kappa shape index (κ3) is 4.25. The van der Waals surface area contributed by atoms with E-state index in [4.69, 9.17) is 0 Å². The van der Waals surface area contributed by atoms with E-state index in [1.165, 1.54) is 0 Å². The van der Waals surface area contributed by atoms with E-state index in [0.29, 0.717) is 0 Å². The maximum absolute atomic E-state index is 13.3. The zero-order valence-corrected chi connectivity index (χ0v) is 18.0. The molecule has 32 heavy (non-hydrogen) atoms. The lowest BCUT2D eigenvalue weighted by molar-refractivity contribution is -0.130. The summed E-state index contributed by atoms with van der Waals surface area (Å²) in [6.07, 6.45) is 0.182. The fraction of sp³-hybridized carbons (Fsp3) is 0.192. The van der Waals surface area contributed by atoms with E-state index >= 15 is 0 Å². The van der Waals surface area contributed by atoms with Gasteiger partial charge in [0.2, 0.25) is 11.8 Å². The van der Waals surface area contributed by atoms with Crippen LogP contribution >= 0.6 is 0 Å². The van der Waals surface area contributed by atoms with Crippen LogP contribution < -0.4 is 15.5 Å². The van der Waals surface area contributed by atoms with Crippen LogP contribution in [0, 0.1) is 0 Å². The minimum Gasteiger partial charge on any atom is -0.344 e. The summed E-state index contributed by atoms with van der Waals surface area (Å²) in [7, 11) is 1.71. The van der Waals surface area contributed by atoms with Crippen LogP contribution in [-0.4, -0.2) is 30.8 Å². The number of hydrogen-bond acceptors (Lipinski definition) is 3. The Balaban J connectivity index is 1.54. The predicted octanol–water partition coefficient (Wildman–Crippen LogP) is 3.23. The van der Waals surface area contributed by atoms with E-state index in [2.05, 4.69) is 10.6 Å². The molecule has 0 unspecified atom stereocenters. The molecule has 4 rings (SSSR count). The zero-order chi connectivity index (χ0) is 22.7.